The van der Waals surface area contributed by atoms with E-state index in [1.165, 1.54) is 0 Å². The molecule has 6 N–H and O–H groups in total. The van der Waals surface area contributed by atoms with Crippen LogP contribution in [-0.2, 0) is 0 Å². The number of benzene rings is 1. The lowest BCUT2D eigenvalue weighted by atomic mass is 10.1. The lowest BCUT2D eigenvalue weighted by Crippen LogP contribution is -2.26. The van der Waals surface area contributed by atoms with Gasteiger partial charge in [0, 0.05) is 11.6 Å². The van der Waals surface area contributed by atoms with Gasteiger partial charge >= 0.3 is 0 Å². The van der Waals surface area contributed by atoms with Crippen LogP contribution in [0.2, 0.25) is 0 Å². The molecule has 0 bridgehead atoms. The van der Waals surface area contributed by atoms with Crippen molar-refractivity contribution in [3.8, 4) is 5.75 Å². The average molecular weight is 272 g/mol. The third kappa shape index (κ3) is 2.94. The molecule has 0 saturated heterocycles. The number of hydrogen-bond acceptors (Lipinski definition) is 3. The number of ether oxygens (including phenoxy) is 1. The molecule has 7 heteroatoms. The van der Waals surface area contributed by atoms with Crippen LogP contribution in [0.3, 0.4) is 0 Å². The molecule has 0 aliphatic rings. The summed E-state index contributed by atoms with van der Waals surface area (Å²) in [4.78, 5) is 12.2. The van der Waals surface area contributed by atoms with Crippen molar-refractivity contribution in [2.24, 2.45) is 27.2 Å². The fourth-order valence-corrected chi connectivity index (χ4v) is 1.78. The first-order valence-electron chi connectivity index (χ1n) is 6.06. The number of hydrogen-bond donors (Lipinski definition) is 3. The van der Waals surface area contributed by atoms with Crippen LogP contribution in [0, 0.1) is 0 Å². The predicted molar refractivity (Wildman–Crippen MR) is 80.0 cm³/mol. The lowest BCUT2D eigenvalue weighted by Gasteiger charge is -2.08. The molecule has 1 aromatic carbocycles. The molecule has 1 aromatic heterocycles. The van der Waals surface area contributed by atoms with E-state index in [4.69, 9.17) is 21.9 Å². The number of nitrogens with zero attached hydrogens (tertiary/aromatic N) is 3. The number of pyridine rings is 1. The summed E-state index contributed by atoms with van der Waals surface area (Å²) < 4.78 is 5.53. The molecule has 0 saturated carbocycles. The molecule has 0 fully saturated rings. The highest BCUT2D eigenvalue weighted by Gasteiger charge is 2.07. The zero-order chi connectivity index (χ0) is 14.5. The zero-order valence-corrected chi connectivity index (χ0v) is 11.1. The quantitative estimate of drug-likeness (QED) is 0.564. The highest BCUT2D eigenvalue weighted by Crippen LogP contribution is 2.31. The number of aromatic nitrogens is 1. The van der Waals surface area contributed by atoms with Crippen molar-refractivity contribution in [1.82, 2.24) is 4.98 Å². The minimum absolute atomic E-state index is 0.0145. The van der Waals surface area contributed by atoms with Crippen LogP contribution in [0.4, 0.5) is 5.69 Å². The Bertz CT molecular complexity index is 676. The van der Waals surface area contributed by atoms with Crippen LogP contribution < -0.4 is 21.9 Å². The molecular formula is C13H16N6O. The van der Waals surface area contributed by atoms with E-state index in [0.29, 0.717) is 23.6 Å². The monoisotopic (exact) mass is 272 g/mol. The van der Waals surface area contributed by atoms with Crippen molar-refractivity contribution in [3.05, 3.63) is 30.5 Å². The number of rotatable bonds is 3. The second-order valence-electron chi connectivity index (χ2n) is 3.92. The van der Waals surface area contributed by atoms with E-state index in [9.17, 15) is 0 Å². The molecule has 7 nitrogen and oxygen atoms in total. The summed E-state index contributed by atoms with van der Waals surface area (Å²) in [5.74, 6) is 0.543. The van der Waals surface area contributed by atoms with E-state index < -0.39 is 0 Å². The van der Waals surface area contributed by atoms with Crippen LogP contribution in [0.5, 0.6) is 5.75 Å². The van der Waals surface area contributed by atoms with Gasteiger partial charge in [-0.3, -0.25) is 4.98 Å². The molecule has 0 radical (unpaired) electrons. The van der Waals surface area contributed by atoms with E-state index >= 15 is 0 Å². The Morgan fingerprint density at radius 1 is 1.25 bits per heavy atom. The summed E-state index contributed by atoms with van der Waals surface area (Å²) in [7, 11) is 0. The molecule has 0 spiro atoms. The summed E-state index contributed by atoms with van der Waals surface area (Å²) in [6, 6.07) is 7.27. The normalized spacial score (nSPS) is 11.3. The van der Waals surface area contributed by atoms with E-state index in [1.807, 2.05) is 19.1 Å². The standard InChI is InChI=1S/C13H16N6O/c1-2-20-10-6-5-9(18-13(16)19-12(14)15)8-4-3-7-17-11(8)10/h3-7H,2H2,1H3,(H6,14,15,16,18,19). The van der Waals surface area contributed by atoms with E-state index in [1.54, 1.807) is 18.3 Å². The zero-order valence-electron chi connectivity index (χ0n) is 11.1. The molecule has 0 aliphatic carbocycles. The number of nitrogens with two attached hydrogens (primary N) is 3. The Hall–Kier alpha value is -2.83. The summed E-state index contributed by atoms with van der Waals surface area (Å²) in [6.45, 7) is 2.47. The molecule has 2 rings (SSSR count). The first-order valence-corrected chi connectivity index (χ1v) is 6.06. The Kier molecular flexibility index (Phi) is 3.99. The minimum Gasteiger partial charge on any atom is -0.492 e. The highest BCUT2D eigenvalue weighted by atomic mass is 16.5. The summed E-state index contributed by atoms with van der Waals surface area (Å²) >= 11 is 0. The van der Waals surface area contributed by atoms with Crippen LogP contribution in [-0.4, -0.2) is 23.5 Å². The maximum Gasteiger partial charge on any atom is 0.223 e. The summed E-state index contributed by atoms with van der Waals surface area (Å²) in [6.07, 6.45) is 1.69. The van der Waals surface area contributed by atoms with Crippen molar-refractivity contribution in [1.29, 1.82) is 0 Å². The Balaban J connectivity index is 2.56. The average Bonchev–Trinajstić information content (AvgIpc) is 2.41. The minimum atomic E-state index is -0.139. The maximum absolute atomic E-state index is 5.65. The number of fused-ring (bicyclic) bond motifs is 1. The third-order valence-corrected chi connectivity index (χ3v) is 2.49. The Labute approximate surface area is 116 Å². The second-order valence-corrected chi connectivity index (χ2v) is 3.92. The van der Waals surface area contributed by atoms with E-state index in [-0.39, 0.29) is 11.9 Å². The molecular weight excluding hydrogens is 256 g/mol. The molecule has 0 atom stereocenters. The molecule has 0 amide bonds. The molecule has 2 aromatic rings. The van der Waals surface area contributed by atoms with Crippen molar-refractivity contribution in [2.75, 3.05) is 6.61 Å². The molecule has 104 valence electrons. The largest absolute Gasteiger partial charge is 0.492 e. The van der Waals surface area contributed by atoms with Gasteiger partial charge in [-0.05, 0) is 31.2 Å². The topological polar surface area (TPSA) is 125 Å². The van der Waals surface area contributed by atoms with E-state index in [0.717, 1.165) is 5.39 Å². The number of guanidine groups is 2. The smallest absolute Gasteiger partial charge is 0.223 e. The summed E-state index contributed by atoms with van der Waals surface area (Å²) in [5, 5.41) is 0.812. The van der Waals surface area contributed by atoms with Gasteiger partial charge < -0.3 is 21.9 Å². The Morgan fingerprint density at radius 3 is 2.75 bits per heavy atom. The van der Waals surface area contributed by atoms with E-state index in [2.05, 4.69) is 15.0 Å². The van der Waals surface area contributed by atoms with Gasteiger partial charge in [0.1, 0.15) is 11.3 Å². The number of aliphatic imine (C=N–C) groups is 2. The van der Waals surface area contributed by atoms with Gasteiger partial charge in [-0.2, -0.15) is 4.99 Å². The van der Waals surface area contributed by atoms with Crippen LogP contribution in [0.1, 0.15) is 6.92 Å². The first kappa shape index (κ1) is 13.6. The lowest BCUT2D eigenvalue weighted by molar-refractivity contribution is 0.343. The van der Waals surface area contributed by atoms with Crippen LogP contribution in [0.25, 0.3) is 10.9 Å². The van der Waals surface area contributed by atoms with Crippen LogP contribution in [0.15, 0.2) is 40.4 Å². The molecule has 20 heavy (non-hydrogen) atoms. The predicted octanol–water partition coefficient (Wildman–Crippen LogP) is 0.853. The third-order valence-electron chi connectivity index (χ3n) is 2.49. The molecule has 0 unspecified atom stereocenters. The van der Waals surface area contributed by atoms with Gasteiger partial charge in [-0.25, -0.2) is 4.99 Å². The van der Waals surface area contributed by atoms with Gasteiger partial charge in [-0.1, -0.05) is 0 Å². The van der Waals surface area contributed by atoms with Gasteiger partial charge in [0.05, 0.1) is 12.3 Å². The van der Waals surface area contributed by atoms with Crippen molar-refractivity contribution < 1.29 is 4.74 Å². The molecule has 0 aliphatic heterocycles. The van der Waals surface area contributed by atoms with Gasteiger partial charge in [0.2, 0.25) is 5.96 Å². The summed E-state index contributed by atoms with van der Waals surface area (Å²) in [5.41, 5.74) is 17.5. The van der Waals surface area contributed by atoms with Crippen LogP contribution >= 0.6 is 0 Å². The fraction of sp³-hybridized carbons (Fsp3) is 0.154. The first-order chi connectivity index (χ1) is 9.61. The van der Waals surface area contributed by atoms with Crippen molar-refractivity contribution >= 4 is 28.5 Å². The SMILES string of the molecule is CCOc1ccc(N=C(N)N=C(N)N)c2cccnc12. The maximum atomic E-state index is 5.65. The van der Waals surface area contributed by atoms with Crippen molar-refractivity contribution in [3.63, 3.8) is 0 Å². The van der Waals surface area contributed by atoms with Crippen molar-refractivity contribution in [2.45, 2.75) is 6.92 Å². The van der Waals surface area contributed by atoms with Gasteiger partial charge in [-0.15, -0.1) is 0 Å². The second kappa shape index (κ2) is 5.87. The fourth-order valence-electron chi connectivity index (χ4n) is 1.78. The Morgan fingerprint density at radius 2 is 2.05 bits per heavy atom. The molecule has 1 heterocycles. The van der Waals surface area contributed by atoms with Gasteiger partial charge in [0.15, 0.2) is 5.96 Å². The highest BCUT2D eigenvalue weighted by molar-refractivity contribution is 5.99. The van der Waals surface area contributed by atoms with Gasteiger partial charge in [0.25, 0.3) is 0 Å².